The van der Waals surface area contributed by atoms with Crippen molar-refractivity contribution in [2.75, 3.05) is 19.2 Å². The standard InChI is InChI=1S/C20H18N4O4/c1-26-16-5-3-2-4-13(16)10-21-20(25)15-9-19(23-11-22-15)24-14-6-7-17-18(8-14)28-12-27-17/h2-9,11H,10,12H2,1H3,(H,21,25)(H,22,23,24). The lowest BCUT2D eigenvalue weighted by molar-refractivity contribution is 0.0945. The molecule has 1 aliphatic heterocycles. The molecule has 0 aliphatic carbocycles. The van der Waals surface area contributed by atoms with Crippen LogP contribution in [0.25, 0.3) is 0 Å². The molecule has 142 valence electrons. The normalized spacial score (nSPS) is 11.8. The van der Waals surface area contributed by atoms with Crippen molar-refractivity contribution in [1.29, 1.82) is 0 Å². The molecule has 4 rings (SSSR count). The minimum absolute atomic E-state index is 0.211. The molecular weight excluding hydrogens is 360 g/mol. The zero-order valence-corrected chi connectivity index (χ0v) is 15.1. The van der Waals surface area contributed by atoms with Crippen molar-refractivity contribution in [3.05, 3.63) is 66.1 Å². The Labute approximate surface area is 161 Å². The van der Waals surface area contributed by atoms with E-state index in [0.29, 0.717) is 23.9 Å². The van der Waals surface area contributed by atoms with E-state index >= 15 is 0 Å². The summed E-state index contributed by atoms with van der Waals surface area (Å²) < 4.78 is 16.0. The zero-order chi connectivity index (χ0) is 19.3. The van der Waals surface area contributed by atoms with Gasteiger partial charge in [-0.25, -0.2) is 9.97 Å². The van der Waals surface area contributed by atoms with Gasteiger partial charge in [-0.15, -0.1) is 0 Å². The highest BCUT2D eigenvalue weighted by Crippen LogP contribution is 2.34. The molecule has 0 bridgehead atoms. The van der Waals surface area contributed by atoms with Crippen LogP contribution >= 0.6 is 0 Å². The van der Waals surface area contributed by atoms with E-state index in [1.807, 2.05) is 42.5 Å². The number of fused-ring (bicyclic) bond motifs is 1. The Morgan fingerprint density at radius 1 is 1.11 bits per heavy atom. The third kappa shape index (κ3) is 3.80. The summed E-state index contributed by atoms with van der Waals surface area (Å²) in [6, 6.07) is 14.6. The first kappa shape index (κ1) is 17.6. The number of nitrogens with zero attached hydrogens (tertiary/aromatic N) is 2. The molecule has 2 aromatic carbocycles. The highest BCUT2D eigenvalue weighted by molar-refractivity contribution is 5.93. The molecule has 0 atom stereocenters. The average Bonchev–Trinajstić information content (AvgIpc) is 3.20. The molecule has 1 aliphatic rings. The van der Waals surface area contributed by atoms with Crippen molar-refractivity contribution in [1.82, 2.24) is 15.3 Å². The molecule has 2 heterocycles. The number of aromatic nitrogens is 2. The largest absolute Gasteiger partial charge is 0.496 e. The summed E-state index contributed by atoms with van der Waals surface area (Å²) in [7, 11) is 1.60. The number of hydrogen-bond acceptors (Lipinski definition) is 7. The lowest BCUT2D eigenvalue weighted by Crippen LogP contribution is -2.24. The first-order valence-electron chi connectivity index (χ1n) is 8.62. The van der Waals surface area contributed by atoms with Crippen LogP contribution in [0.5, 0.6) is 17.2 Å². The van der Waals surface area contributed by atoms with Gasteiger partial charge < -0.3 is 24.8 Å². The molecule has 0 unspecified atom stereocenters. The molecule has 1 amide bonds. The second-order valence-corrected chi connectivity index (χ2v) is 5.98. The van der Waals surface area contributed by atoms with Crippen LogP contribution in [-0.4, -0.2) is 29.8 Å². The molecule has 1 aromatic heterocycles. The van der Waals surface area contributed by atoms with E-state index in [4.69, 9.17) is 14.2 Å². The number of hydrogen-bond donors (Lipinski definition) is 2. The fraction of sp³-hybridized carbons (Fsp3) is 0.150. The van der Waals surface area contributed by atoms with E-state index in [2.05, 4.69) is 20.6 Å². The van der Waals surface area contributed by atoms with Gasteiger partial charge in [0.2, 0.25) is 6.79 Å². The van der Waals surface area contributed by atoms with E-state index in [1.54, 1.807) is 13.2 Å². The Kier molecular flexibility index (Phi) is 4.92. The molecule has 0 saturated carbocycles. The first-order chi connectivity index (χ1) is 13.7. The molecule has 28 heavy (non-hydrogen) atoms. The van der Waals surface area contributed by atoms with Gasteiger partial charge in [0.05, 0.1) is 7.11 Å². The molecule has 8 heteroatoms. The maximum Gasteiger partial charge on any atom is 0.270 e. The lowest BCUT2D eigenvalue weighted by atomic mass is 10.2. The first-order valence-corrected chi connectivity index (χ1v) is 8.62. The van der Waals surface area contributed by atoms with Gasteiger partial charge in [-0.05, 0) is 18.2 Å². The summed E-state index contributed by atoms with van der Waals surface area (Å²) in [6.45, 7) is 0.542. The number of ether oxygens (including phenoxy) is 3. The maximum absolute atomic E-state index is 12.5. The van der Waals surface area contributed by atoms with Gasteiger partial charge >= 0.3 is 0 Å². The van der Waals surface area contributed by atoms with E-state index < -0.39 is 0 Å². The van der Waals surface area contributed by atoms with Crippen LogP contribution in [-0.2, 0) is 6.54 Å². The monoisotopic (exact) mass is 378 g/mol. The summed E-state index contributed by atoms with van der Waals surface area (Å²) in [5, 5.41) is 5.98. The minimum atomic E-state index is -0.304. The van der Waals surface area contributed by atoms with Crippen LogP contribution in [0.4, 0.5) is 11.5 Å². The number of carbonyl (C=O) groups is 1. The van der Waals surface area contributed by atoms with Gasteiger partial charge in [-0.3, -0.25) is 4.79 Å². The Balaban J connectivity index is 1.43. The number of benzene rings is 2. The van der Waals surface area contributed by atoms with Crippen molar-refractivity contribution < 1.29 is 19.0 Å². The summed E-state index contributed by atoms with van der Waals surface area (Å²) in [5.41, 5.74) is 1.91. The molecule has 0 spiro atoms. The second kappa shape index (κ2) is 7.83. The van der Waals surface area contributed by atoms with Crippen LogP contribution in [0.2, 0.25) is 0 Å². The summed E-state index contributed by atoms with van der Waals surface area (Å²) in [4.78, 5) is 20.7. The lowest BCUT2D eigenvalue weighted by Gasteiger charge is -2.10. The predicted molar refractivity (Wildman–Crippen MR) is 102 cm³/mol. The van der Waals surface area contributed by atoms with E-state index in [-0.39, 0.29) is 18.4 Å². The van der Waals surface area contributed by atoms with Gasteiger partial charge in [0.25, 0.3) is 5.91 Å². The smallest absolute Gasteiger partial charge is 0.270 e. The van der Waals surface area contributed by atoms with Gasteiger partial charge in [-0.1, -0.05) is 18.2 Å². The van der Waals surface area contributed by atoms with Gasteiger partial charge in [0.1, 0.15) is 23.6 Å². The topological polar surface area (TPSA) is 94.6 Å². The quantitative estimate of drug-likeness (QED) is 0.681. The van der Waals surface area contributed by atoms with Gasteiger partial charge in [-0.2, -0.15) is 0 Å². The van der Waals surface area contributed by atoms with Crippen LogP contribution in [0.1, 0.15) is 16.1 Å². The molecule has 0 saturated heterocycles. The van der Waals surface area contributed by atoms with Crippen molar-refractivity contribution in [2.24, 2.45) is 0 Å². The van der Waals surface area contributed by atoms with E-state index in [1.165, 1.54) is 6.33 Å². The van der Waals surface area contributed by atoms with Crippen LogP contribution in [0, 0.1) is 0 Å². The fourth-order valence-corrected chi connectivity index (χ4v) is 2.79. The Morgan fingerprint density at radius 2 is 1.96 bits per heavy atom. The number of rotatable bonds is 6. The van der Waals surface area contributed by atoms with Gasteiger partial charge in [0, 0.05) is 29.9 Å². The molecule has 8 nitrogen and oxygen atoms in total. The number of nitrogens with one attached hydrogen (secondary N) is 2. The van der Waals surface area contributed by atoms with Crippen LogP contribution in [0.3, 0.4) is 0 Å². The highest BCUT2D eigenvalue weighted by Gasteiger charge is 2.14. The Morgan fingerprint density at radius 3 is 2.86 bits per heavy atom. The third-order valence-electron chi connectivity index (χ3n) is 4.18. The summed E-state index contributed by atoms with van der Waals surface area (Å²) >= 11 is 0. The fourth-order valence-electron chi connectivity index (χ4n) is 2.79. The number of methoxy groups -OCH3 is 1. The van der Waals surface area contributed by atoms with Crippen molar-refractivity contribution >= 4 is 17.4 Å². The zero-order valence-electron chi connectivity index (χ0n) is 15.1. The highest BCUT2D eigenvalue weighted by atomic mass is 16.7. The van der Waals surface area contributed by atoms with Crippen LogP contribution < -0.4 is 24.8 Å². The molecular formula is C20H18N4O4. The number of amides is 1. The molecule has 0 radical (unpaired) electrons. The summed E-state index contributed by atoms with van der Waals surface area (Å²) in [6.07, 6.45) is 1.34. The molecule has 0 fully saturated rings. The van der Waals surface area contributed by atoms with Crippen molar-refractivity contribution in [3.63, 3.8) is 0 Å². The third-order valence-corrected chi connectivity index (χ3v) is 4.18. The van der Waals surface area contributed by atoms with Gasteiger partial charge in [0.15, 0.2) is 11.5 Å². The van der Waals surface area contributed by atoms with Crippen LogP contribution in [0.15, 0.2) is 54.9 Å². The Hall–Kier alpha value is -3.81. The number of anilines is 2. The van der Waals surface area contributed by atoms with Crippen molar-refractivity contribution in [3.8, 4) is 17.2 Å². The second-order valence-electron chi connectivity index (χ2n) is 5.98. The van der Waals surface area contributed by atoms with E-state index in [0.717, 1.165) is 17.0 Å². The predicted octanol–water partition coefficient (Wildman–Crippen LogP) is 2.89. The Bertz CT molecular complexity index is 1010. The SMILES string of the molecule is COc1ccccc1CNC(=O)c1cc(Nc2ccc3c(c2)OCO3)ncn1. The molecule has 3 aromatic rings. The maximum atomic E-state index is 12.5. The minimum Gasteiger partial charge on any atom is -0.496 e. The van der Waals surface area contributed by atoms with Crippen molar-refractivity contribution in [2.45, 2.75) is 6.54 Å². The molecule has 2 N–H and O–H groups in total. The van der Waals surface area contributed by atoms with E-state index in [9.17, 15) is 4.79 Å². The average molecular weight is 378 g/mol. The number of para-hydroxylation sites is 1. The number of carbonyl (C=O) groups excluding carboxylic acids is 1. The summed E-state index contributed by atoms with van der Waals surface area (Å²) in [5.74, 6) is 2.27.